The monoisotopic (exact) mass is 157 g/mol. The zero-order valence-corrected chi connectivity index (χ0v) is 7.76. The Bertz CT molecular complexity index is 132. The topological polar surface area (TPSA) is 35.2 Å². The van der Waals surface area contributed by atoms with E-state index in [9.17, 15) is 0 Å². The van der Waals surface area contributed by atoms with Crippen LogP contribution in [0, 0.1) is 5.92 Å². The van der Waals surface area contributed by atoms with Gasteiger partial charge < -0.3 is 10.5 Å². The molecule has 2 nitrogen and oxygen atoms in total. The Balaban J connectivity index is 2.46. The van der Waals surface area contributed by atoms with Gasteiger partial charge in [0.25, 0.3) is 0 Å². The standard InChI is InChI=1S/C9H19NO/c1-7(10)8-4-5-11-9(2,3)6-8/h7-8H,4-6,10H2,1-3H3. The van der Waals surface area contributed by atoms with Crippen molar-refractivity contribution in [3.8, 4) is 0 Å². The van der Waals surface area contributed by atoms with Crippen molar-refractivity contribution in [3.63, 3.8) is 0 Å². The molecule has 0 bridgehead atoms. The second kappa shape index (κ2) is 3.11. The molecule has 1 aliphatic heterocycles. The van der Waals surface area contributed by atoms with Crippen LogP contribution < -0.4 is 5.73 Å². The third-order valence-electron chi connectivity index (χ3n) is 2.48. The van der Waals surface area contributed by atoms with Crippen molar-refractivity contribution in [3.05, 3.63) is 0 Å². The molecule has 0 aromatic heterocycles. The van der Waals surface area contributed by atoms with E-state index < -0.39 is 0 Å². The summed E-state index contributed by atoms with van der Waals surface area (Å²) < 4.78 is 5.59. The van der Waals surface area contributed by atoms with E-state index in [0.29, 0.717) is 12.0 Å². The van der Waals surface area contributed by atoms with Gasteiger partial charge in [0.15, 0.2) is 0 Å². The lowest BCUT2D eigenvalue weighted by Gasteiger charge is -2.37. The number of hydrogen-bond acceptors (Lipinski definition) is 2. The zero-order chi connectivity index (χ0) is 8.48. The Morgan fingerprint density at radius 3 is 2.55 bits per heavy atom. The fourth-order valence-corrected chi connectivity index (χ4v) is 1.73. The largest absolute Gasteiger partial charge is 0.376 e. The van der Waals surface area contributed by atoms with Gasteiger partial charge in [-0.15, -0.1) is 0 Å². The van der Waals surface area contributed by atoms with Gasteiger partial charge in [0.1, 0.15) is 0 Å². The number of nitrogens with two attached hydrogens (primary N) is 1. The van der Waals surface area contributed by atoms with Crippen LogP contribution in [-0.2, 0) is 4.74 Å². The molecule has 2 N–H and O–H groups in total. The highest BCUT2D eigenvalue weighted by molar-refractivity contribution is 4.82. The predicted molar refractivity (Wildman–Crippen MR) is 46.4 cm³/mol. The summed E-state index contributed by atoms with van der Waals surface area (Å²) in [5.74, 6) is 0.652. The summed E-state index contributed by atoms with van der Waals surface area (Å²) in [7, 11) is 0. The first kappa shape index (κ1) is 9.01. The van der Waals surface area contributed by atoms with Crippen LogP contribution in [0.25, 0.3) is 0 Å². The first-order valence-corrected chi connectivity index (χ1v) is 4.41. The Kier molecular flexibility index (Phi) is 2.55. The molecule has 66 valence electrons. The van der Waals surface area contributed by atoms with Gasteiger partial charge in [0, 0.05) is 12.6 Å². The summed E-state index contributed by atoms with van der Waals surface area (Å²) >= 11 is 0. The molecule has 0 aromatic rings. The number of hydrogen-bond donors (Lipinski definition) is 1. The van der Waals surface area contributed by atoms with Gasteiger partial charge in [-0.3, -0.25) is 0 Å². The molecule has 11 heavy (non-hydrogen) atoms. The highest BCUT2D eigenvalue weighted by atomic mass is 16.5. The number of rotatable bonds is 1. The lowest BCUT2D eigenvalue weighted by Crippen LogP contribution is -2.40. The minimum atomic E-state index is 0.0521. The minimum Gasteiger partial charge on any atom is -0.376 e. The Labute approximate surface area is 69.1 Å². The molecule has 1 aliphatic rings. The summed E-state index contributed by atoms with van der Waals surface area (Å²) in [4.78, 5) is 0. The van der Waals surface area contributed by atoms with Crippen LogP contribution in [0.5, 0.6) is 0 Å². The highest BCUT2D eigenvalue weighted by Crippen LogP contribution is 2.29. The molecule has 0 aromatic carbocycles. The van der Waals surface area contributed by atoms with Crippen molar-refractivity contribution in [2.45, 2.75) is 45.3 Å². The molecule has 1 heterocycles. The molecule has 0 amide bonds. The first-order valence-electron chi connectivity index (χ1n) is 4.41. The van der Waals surface area contributed by atoms with Crippen LogP contribution in [-0.4, -0.2) is 18.2 Å². The molecule has 0 saturated carbocycles. The molecule has 2 atom stereocenters. The SMILES string of the molecule is CC(N)C1CCOC(C)(C)C1. The molecule has 2 heteroatoms. The summed E-state index contributed by atoms with van der Waals surface area (Å²) in [5, 5.41) is 0. The van der Waals surface area contributed by atoms with Gasteiger partial charge in [-0.05, 0) is 39.5 Å². The van der Waals surface area contributed by atoms with Crippen molar-refractivity contribution in [1.29, 1.82) is 0 Å². The molecule has 1 fully saturated rings. The Hall–Kier alpha value is -0.0800. The van der Waals surface area contributed by atoms with Gasteiger partial charge in [0.05, 0.1) is 5.60 Å². The summed E-state index contributed by atoms with van der Waals surface area (Å²) in [6.45, 7) is 7.24. The average molecular weight is 157 g/mol. The number of ether oxygens (including phenoxy) is 1. The first-order chi connectivity index (χ1) is 5.01. The van der Waals surface area contributed by atoms with Crippen LogP contribution >= 0.6 is 0 Å². The normalized spacial score (nSPS) is 33.3. The van der Waals surface area contributed by atoms with E-state index in [1.807, 2.05) is 0 Å². The van der Waals surface area contributed by atoms with Crippen molar-refractivity contribution in [1.82, 2.24) is 0 Å². The van der Waals surface area contributed by atoms with Crippen molar-refractivity contribution in [2.75, 3.05) is 6.61 Å². The van der Waals surface area contributed by atoms with E-state index in [1.54, 1.807) is 0 Å². The third kappa shape index (κ3) is 2.46. The maximum absolute atomic E-state index is 5.83. The van der Waals surface area contributed by atoms with Crippen LogP contribution in [0.2, 0.25) is 0 Å². The summed E-state index contributed by atoms with van der Waals surface area (Å²) in [6, 6.07) is 0.318. The minimum absolute atomic E-state index is 0.0521. The summed E-state index contributed by atoms with van der Waals surface area (Å²) in [6.07, 6.45) is 2.23. The smallest absolute Gasteiger partial charge is 0.0629 e. The van der Waals surface area contributed by atoms with E-state index in [-0.39, 0.29) is 5.60 Å². The van der Waals surface area contributed by atoms with Gasteiger partial charge >= 0.3 is 0 Å². The van der Waals surface area contributed by atoms with E-state index in [2.05, 4.69) is 20.8 Å². The zero-order valence-electron chi connectivity index (χ0n) is 7.76. The lowest BCUT2D eigenvalue weighted by molar-refractivity contribution is -0.0753. The molecule has 1 saturated heterocycles. The van der Waals surface area contributed by atoms with Crippen LogP contribution in [0.4, 0.5) is 0 Å². The van der Waals surface area contributed by atoms with Gasteiger partial charge in [-0.1, -0.05) is 0 Å². The molecule has 0 spiro atoms. The van der Waals surface area contributed by atoms with E-state index >= 15 is 0 Å². The third-order valence-corrected chi connectivity index (χ3v) is 2.48. The fraction of sp³-hybridized carbons (Fsp3) is 1.00. The van der Waals surface area contributed by atoms with Crippen molar-refractivity contribution in [2.24, 2.45) is 11.7 Å². The predicted octanol–water partition coefficient (Wildman–Crippen LogP) is 1.54. The molecule has 2 unspecified atom stereocenters. The van der Waals surface area contributed by atoms with Crippen LogP contribution in [0.3, 0.4) is 0 Å². The van der Waals surface area contributed by atoms with Crippen molar-refractivity contribution < 1.29 is 4.74 Å². The van der Waals surface area contributed by atoms with Gasteiger partial charge in [-0.2, -0.15) is 0 Å². The van der Waals surface area contributed by atoms with E-state index in [0.717, 1.165) is 19.4 Å². The maximum Gasteiger partial charge on any atom is 0.0629 e. The molecule has 0 radical (unpaired) electrons. The van der Waals surface area contributed by atoms with E-state index in [1.165, 1.54) is 0 Å². The van der Waals surface area contributed by atoms with Crippen LogP contribution in [0.15, 0.2) is 0 Å². The van der Waals surface area contributed by atoms with E-state index in [4.69, 9.17) is 10.5 Å². The maximum atomic E-state index is 5.83. The van der Waals surface area contributed by atoms with Crippen LogP contribution in [0.1, 0.15) is 33.6 Å². The summed E-state index contributed by atoms with van der Waals surface area (Å²) in [5.41, 5.74) is 5.88. The molecular weight excluding hydrogens is 138 g/mol. The Morgan fingerprint density at radius 1 is 1.55 bits per heavy atom. The average Bonchev–Trinajstić information content (AvgIpc) is 1.85. The van der Waals surface area contributed by atoms with Gasteiger partial charge in [0.2, 0.25) is 0 Å². The molecular formula is C9H19NO. The molecule has 1 rings (SSSR count). The van der Waals surface area contributed by atoms with Crippen molar-refractivity contribution >= 4 is 0 Å². The highest BCUT2D eigenvalue weighted by Gasteiger charge is 2.30. The molecule has 0 aliphatic carbocycles. The Morgan fingerprint density at radius 2 is 2.18 bits per heavy atom. The van der Waals surface area contributed by atoms with Gasteiger partial charge in [-0.25, -0.2) is 0 Å². The second-order valence-electron chi connectivity index (χ2n) is 4.22. The second-order valence-corrected chi connectivity index (χ2v) is 4.22. The quantitative estimate of drug-likeness (QED) is 0.626. The lowest BCUT2D eigenvalue weighted by atomic mass is 9.84. The fourth-order valence-electron chi connectivity index (χ4n) is 1.73.